The van der Waals surface area contributed by atoms with Crippen LogP contribution in [0.2, 0.25) is 0 Å². The van der Waals surface area contributed by atoms with Crippen molar-refractivity contribution in [3.63, 3.8) is 0 Å². The number of hydrogen-bond acceptors (Lipinski definition) is 0. The van der Waals surface area contributed by atoms with Gasteiger partial charge in [0, 0.05) is 5.92 Å². The summed E-state index contributed by atoms with van der Waals surface area (Å²) in [5, 5.41) is 0. The molecule has 0 bridgehead atoms. The van der Waals surface area contributed by atoms with Crippen LogP contribution in [-0.4, -0.2) is 0 Å². The van der Waals surface area contributed by atoms with Gasteiger partial charge in [0.2, 0.25) is 0 Å². The van der Waals surface area contributed by atoms with Crippen LogP contribution in [0, 0.1) is 0 Å². The maximum absolute atomic E-state index is 2.32. The molecule has 0 aliphatic rings. The summed E-state index contributed by atoms with van der Waals surface area (Å²) >= 11 is 0. The summed E-state index contributed by atoms with van der Waals surface area (Å²) in [6.45, 7) is 0. The first-order chi connectivity index (χ1) is 10.9. The standard InChI is InChI=1S/C22H20/c1-4-10-19(11-5-1)16-17-22(21-14-8-3-9-15-21)18-20-12-6-2-7-13-20/h1-17,22H,18H2/b17-16+/t22-/m1/s1. The first kappa shape index (κ1) is 14.3. The molecule has 0 radical (unpaired) electrons. The maximum Gasteiger partial charge on any atom is 0.00617 e. The highest BCUT2D eigenvalue weighted by Crippen LogP contribution is 2.23. The van der Waals surface area contributed by atoms with Crippen molar-refractivity contribution in [3.8, 4) is 0 Å². The molecule has 0 heterocycles. The second kappa shape index (κ2) is 7.42. The normalized spacial score (nSPS) is 12.4. The zero-order valence-electron chi connectivity index (χ0n) is 12.6. The van der Waals surface area contributed by atoms with Crippen LogP contribution >= 0.6 is 0 Å². The Hall–Kier alpha value is -2.60. The molecule has 3 aromatic carbocycles. The van der Waals surface area contributed by atoms with Gasteiger partial charge < -0.3 is 0 Å². The van der Waals surface area contributed by atoms with Crippen molar-refractivity contribution in [1.29, 1.82) is 0 Å². The smallest absolute Gasteiger partial charge is 0.00617 e. The summed E-state index contributed by atoms with van der Waals surface area (Å²) in [4.78, 5) is 0. The summed E-state index contributed by atoms with van der Waals surface area (Å²) in [5.41, 5.74) is 3.98. The number of rotatable bonds is 5. The van der Waals surface area contributed by atoms with E-state index in [1.807, 2.05) is 0 Å². The monoisotopic (exact) mass is 284 g/mol. The molecule has 0 amide bonds. The summed E-state index contributed by atoms with van der Waals surface area (Å²) in [6, 6.07) is 31.9. The van der Waals surface area contributed by atoms with Crippen molar-refractivity contribution in [2.24, 2.45) is 0 Å². The van der Waals surface area contributed by atoms with Gasteiger partial charge in [-0.05, 0) is 23.1 Å². The van der Waals surface area contributed by atoms with E-state index in [9.17, 15) is 0 Å². The molecule has 0 aliphatic heterocycles. The molecule has 1 atom stereocenters. The van der Waals surface area contributed by atoms with Crippen LogP contribution in [0.3, 0.4) is 0 Å². The molecular formula is C22H20. The van der Waals surface area contributed by atoms with Gasteiger partial charge >= 0.3 is 0 Å². The van der Waals surface area contributed by atoms with Crippen molar-refractivity contribution in [1.82, 2.24) is 0 Å². The average molecular weight is 284 g/mol. The van der Waals surface area contributed by atoms with Crippen LogP contribution in [0.5, 0.6) is 0 Å². The van der Waals surface area contributed by atoms with Crippen LogP contribution in [0.15, 0.2) is 97.1 Å². The Bertz CT molecular complexity index is 697. The minimum Gasteiger partial charge on any atom is -0.0761 e. The predicted molar refractivity (Wildman–Crippen MR) is 94.8 cm³/mol. The van der Waals surface area contributed by atoms with Crippen LogP contribution in [0.1, 0.15) is 22.6 Å². The van der Waals surface area contributed by atoms with Gasteiger partial charge in [-0.3, -0.25) is 0 Å². The van der Waals surface area contributed by atoms with Gasteiger partial charge in [0.1, 0.15) is 0 Å². The summed E-state index contributed by atoms with van der Waals surface area (Å²) < 4.78 is 0. The summed E-state index contributed by atoms with van der Waals surface area (Å²) in [6.07, 6.45) is 5.56. The Morgan fingerprint density at radius 1 is 0.636 bits per heavy atom. The average Bonchev–Trinajstić information content (AvgIpc) is 2.61. The van der Waals surface area contributed by atoms with E-state index in [2.05, 4.69) is 103 Å². The third-order valence-electron chi connectivity index (χ3n) is 3.85. The fraction of sp³-hybridized carbons (Fsp3) is 0.0909. The highest BCUT2D eigenvalue weighted by molar-refractivity contribution is 5.50. The van der Waals surface area contributed by atoms with E-state index in [1.165, 1.54) is 16.7 Å². The quantitative estimate of drug-likeness (QED) is 0.561. The second-order valence-corrected chi connectivity index (χ2v) is 5.48. The summed E-state index contributed by atoms with van der Waals surface area (Å²) in [5.74, 6) is 0.392. The van der Waals surface area contributed by atoms with E-state index in [0.29, 0.717) is 5.92 Å². The molecule has 0 aliphatic carbocycles. The van der Waals surface area contributed by atoms with Crippen molar-refractivity contribution in [2.75, 3.05) is 0 Å². The number of benzene rings is 3. The van der Waals surface area contributed by atoms with Gasteiger partial charge in [-0.25, -0.2) is 0 Å². The summed E-state index contributed by atoms with van der Waals surface area (Å²) in [7, 11) is 0. The molecule has 0 nitrogen and oxygen atoms in total. The zero-order valence-corrected chi connectivity index (χ0v) is 12.6. The highest BCUT2D eigenvalue weighted by atomic mass is 14.1. The second-order valence-electron chi connectivity index (χ2n) is 5.48. The number of allylic oxidation sites excluding steroid dienone is 1. The lowest BCUT2D eigenvalue weighted by Crippen LogP contribution is -1.99. The maximum atomic E-state index is 2.32. The molecule has 0 fully saturated rings. The van der Waals surface area contributed by atoms with Gasteiger partial charge in [-0.15, -0.1) is 0 Å². The molecule has 0 N–H and O–H groups in total. The van der Waals surface area contributed by atoms with Gasteiger partial charge in [-0.2, -0.15) is 0 Å². The lowest BCUT2D eigenvalue weighted by atomic mass is 9.91. The van der Waals surface area contributed by atoms with Crippen LogP contribution in [0.25, 0.3) is 6.08 Å². The minimum absolute atomic E-state index is 0.392. The highest BCUT2D eigenvalue weighted by Gasteiger charge is 2.08. The molecule has 22 heavy (non-hydrogen) atoms. The van der Waals surface area contributed by atoms with E-state index < -0.39 is 0 Å². The lowest BCUT2D eigenvalue weighted by molar-refractivity contribution is 0.839. The molecule has 0 saturated heterocycles. The minimum atomic E-state index is 0.392. The van der Waals surface area contributed by atoms with E-state index >= 15 is 0 Å². The van der Waals surface area contributed by atoms with E-state index in [-0.39, 0.29) is 0 Å². The fourth-order valence-corrected chi connectivity index (χ4v) is 2.66. The van der Waals surface area contributed by atoms with Gasteiger partial charge in [-0.1, -0.05) is 103 Å². The Morgan fingerprint density at radius 3 is 1.82 bits per heavy atom. The molecule has 0 saturated carbocycles. The van der Waals surface area contributed by atoms with Crippen LogP contribution in [0.4, 0.5) is 0 Å². The van der Waals surface area contributed by atoms with Gasteiger partial charge in [0.15, 0.2) is 0 Å². The van der Waals surface area contributed by atoms with Crippen molar-refractivity contribution >= 4 is 6.08 Å². The van der Waals surface area contributed by atoms with E-state index in [4.69, 9.17) is 0 Å². The number of hydrogen-bond donors (Lipinski definition) is 0. The molecule has 0 heteroatoms. The third kappa shape index (κ3) is 3.95. The molecule has 0 spiro atoms. The molecule has 3 aromatic rings. The van der Waals surface area contributed by atoms with E-state index in [0.717, 1.165) is 6.42 Å². The van der Waals surface area contributed by atoms with Crippen molar-refractivity contribution < 1.29 is 0 Å². The first-order valence-corrected chi connectivity index (χ1v) is 7.74. The van der Waals surface area contributed by atoms with E-state index in [1.54, 1.807) is 0 Å². The van der Waals surface area contributed by atoms with Crippen molar-refractivity contribution in [2.45, 2.75) is 12.3 Å². The Kier molecular flexibility index (Phi) is 4.84. The van der Waals surface area contributed by atoms with Gasteiger partial charge in [0.25, 0.3) is 0 Å². The molecule has 108 valence electrons. The largest absolute Gasteiger partial charge is 0.0761 e. The SMILES string of the molecule is C(=C\[C@H](Cc1ccccc1)c1ccccc1)/c1ccccc1. The van der Waals surface area contributed by atoms with Gasteiger partial charge in [0.05, 0.1) is 0 Å². The molecule has 0 aromatic heterocycles. The molecular weight excluding hydrogens is 264 g/mol. The molecule has 3 rings (SSSR count). The Labute approximate surface area is 132 Å². The van der Waals surface area contributed by atoms with Crippen LogP contribution in [-0.2, 0) is 6.42 Å². The zero-order chi connectivity index (χ0) is 15.0. The molecule has 0 unspecified atom stereocenters. The third-order valence-corrected chi connectivity index (χ3v) is 3.85. The Balaban J connectivity index is 1.85. The first-order valence-electron chi connectivity index (χ1n) is 7.74. The topological polar surface area (TPSA) is 0 Å². The van der Waals surface area contributed by atoms with Crippen LogP contribution < -0.4 is 0 Å². The lowest BCUT2D eigenvalue weighted by Gasteiger charge is -2.13. The predicted octanol–water partition coefficient (Wildman–Crippen LogP) is 5.73. The fourth-order valence-electron chi connectivity index (χ4n) is 2.66. The Morgan fingerprint density at radius 2 is 1.18 bits per heavy atom. The van der Waals surface area contributed by atoms with Crippen molar-refractivity contribution in [3.05, 3.63) is 114 Å².